The number of aryl methyl sites for hydroxylation is 1. The monoisotopic (exact) mass is 511 g/mol. The number of aromatic nitrogens is 1. The predicted molar refractivity (Wildman–Crippen MR) is 130 cm³/mol. The summed E-state index contributed by atoms with van der Waals surface area (Å²) in [5, 5.41) is 6.96. The highest BCUT2D eigenvalue weighted by Crippen LogP contribution is 2.19. The van der Waals surface area contributed by atoms with Crippen LogP contribution < -0.4 is 10.6 Å². The van der Waals surface area contributed by atoms with Crippen LogP contribution in [-0.4, -0.2) is 54.6 Å². The molecule has 2 heterocycles. The first kappa shape index (κ1) is 23.7. The van der Waals surface area contributed by atoms with Crippen LogP contribution in [0, 0.1) is 6.92 Å². The van der Waals surface area contributed by atoms with Crippen molar-refractivity contribution in [2.24, 2.45) is 4.99 Å². The van der Waals surface area contributed by atoms with E-state index in [0.29, 0.717) is 18.0 Å². The van der Waals surface area contributed by atoms with Gasteiger partial charge in [0, 0.05) is 50.7 Å². The van der Waals surface area contributed by atoms with Gasteiger partial charge < -0.3 is 20.0 Å². The van der Waals surface area contributed by atoms with Crippen LogP contribution in [0.3, 0.4) is 0 Å². The molecule has 29 heavy (non-hydrogen) atoms. The number of piperidine rings is 1. The Labute approximate surface area is 191 Å². The summed E-state index contributed by atoms with van der Waals surface area (Å²) in [4.78, 5) is 11.5. The summed E-state index contributed by atoms with van der Waals surface area (Å²) in [5.41, 5.74) is 3.19. The van der Waals surface area contributed by atoms with E-state index >= 15 is 0 Å². The summed E-state index contributed by atoms with van der Waals surface area (Å²) in [7, 11) is 1.82. The number of halogens is 1. The molecule has 1 aliphatic rings. The third kappa shape index (κ3) is 6.99. The molecule has 0 amide bonds. The number of rotatable bonds is 6. The molecule has 0 bridgehead atoms. The maximum atomic E-state index is 5.64. The summed E-state index contributed by atoms with van der Waals surface area (Å²) in [6.07, 6.45) is 4.85. The van der Waals surface area contributed by atoms with E-state index in [1.54, 1.807) is 6.26 Å². The molecule has 0 spiro atoms. The Morgan fingerprint density at radius 1 is 1.24 bits per heavy atom. The first-order chi connectivity index (χ1) is 13.5. The van der Waals surface area contributed by atoms with Crippen molar-refractivity contribution in [2.75, 3.05) is 26.7 Å². The van der Waals surface area contributed by atoms with Crippen LogP contribution in [0.25, 0.3) is 11.5 Å². The van der Waals surface area contributed by atoms with Gasteiger partial charge in [0.25, 0.3) is 0 Å². The zero-order valence-corrected chi connectivity index (χ0v) is 20.3. The number of hydrogen-bond acceptors (Lipinski definition) is 4. The average molecular weight is 511 g/mol. The molecule has 1 aromatic heterocycles. The fraction of sp³-hybridized carbons (Fsp3) is 0.545. The zero-order chi connectivity index (χ0) is 19.9. The maximum Gasteiger partial charge on any atom is 0.226 e. The van der Waals surface area contributed by atoms with Gasteiger partial charge in [-0.05, 0) is 45.7 Å². The van der Waals surface area contributed by atoms with Crippen molar-refractivity contribution in [3.63, 3.8) is 0 Å². The minimum Gasteiger partial charge on any atom is -0.444 e. The molecular formula is C22H34IN5O. The van der Waals surface area contributed by atoms with Gasteiger partial charge in [-0.3, -0.25) is 4.99 Å². The van der Waals surface area contributed by atoms with Gasteiger partial charge >= 0.3 is 0 Å². The van der Waals surface area contributed by atoms with Crippen LogP contribution in [-0.2, 0) is 6.42 Å². The quantitative estimate of drug-likeness (QED) is 0.351. The average Bonchev–Trinajstić information content (AvgIpc) is 3.17. The van der Waals surface area contributed by atoms with Crippen LogP contribution in [0.15, 0.2) is 39.9 Å². The van der Waals surface area contributed by atoms with Crippen LogP contribution in [0.2, 0.25) is 0 Å². The van der Waals surface area contributed by atoms with Gasteiger partial charge in [0.1, 0.15) is 6.26 Å². The molecule has 160 valence electrons. The van der Waals surface area contributed by atoms with E-state index in [4.69, 9.17) is 4.42 Å². The van der Waals surface area contributed by atoms with Crippen LogP contribution in [0.1, 0.15) is 37.9 Å². The highest BCUT2D eigenvalue weighted by atomic mass is 127. The highest BCUT2D eigenvalue weighted by molar-refractivity contribution is 14.0. The van der Waals surface area contributed by atoms with Crippen molar-refractivity contribution in [1.82, 2.24) is 20.5 Å². The highest BCUT2D eigenvalue weighted by Gasteiger charge is 2.21. The molecule has 1 fully saturated rings. The first-order valence-electron chi connectivity index (χ1n) is 10.3. The largest absolute Gasteiger partial charge is 0.444 e. The van der Waals surface area contributed by atoms with E-state index in [1.165, 1.54) is 5.56 Å². The summed E-state index contributed by atoms with van der Waals surface area (Å²) in [6.45, 7) is 9.67. The second kappa shape index (κ2) is 11.5. The Hall–Kier alpha value is -1.61. The number of oxazole rings is 1. The molecule has 0 unspecified atom stereocenters. The smallest absolute Gasteiger partial charge is 0.226 e. The minimum absolute atomic E-state index is 0. The lowest BCUT2D eigenvalue weighted by Crippen LogP contribution is -2.50. The third-order valence-corrected chi connectivity index (χ3v) is 5.35. The molecule has 0 atom stereocenters. The summed E-state index contributed by atoms with van der Waals surface area (Å²) < 4.78 is 5.64. The Bertz CT molecular complexity index is 764. The van der Waals surface area contributed by atoms with Gasteiger partial charge in [-0.2, -0.15) is 0 Å². The van der Waals surface area contributed by atoms with Gasteiger partial charge in [0.15, 0.2) is 5.96 Å². The van der Waals surface area contributed by atoms with Gasteiger partial charge in [-0.15, -0.1) is 24.0 Å². The number of guanidine groups is 1. The molecule has 1 saturated heterocycles. The number of likely N-dealkylation sites (tertiary alicyclic amines) is 1. The molecule has 7 heteroatoms. The van der Waals surface area contributed by atoms with Crippen molar-refractivity contribution in [2.45, 2.75) is 52.1 Å². The summed E-state index contributed by atoms with van der Waals surface area (Å²) in [5.74, 6) is 1.54. The van der Waals surface area contributed by atoms with Crippen LogP contribution in [0.4, 0.5) is 0 Å². The number of aliphatic imine (C=N–C) groups is 1. The van der Waals surface area contributed by atoms with Crippen LogP contribution in [0.5, 0.6) is 0 Å². The second-order valence-corrected chi connectivity index (χ2v) is 7.81. The van der Waals surface area contributed by atoms with Crippen molar-refractivity contribution in [3.05, 3.63) is 41.8 Å². The molecule has 0 aliphatic carbocycles. The minimum atomic E-state index is 0. The zero-order valence-electron chi connectivity index (χ0n) is 17.9. The fourth-order valence-electron chi connectivity index (χ4n) is 3.51. The number of hydrogen-bond donors (Lipinski definition) is 2. The maximum absolute atomic E-state index is 5.64. The van der Waals surface area contributed by atoms with E-state index < -0.39 is 0 Å². The van der Waals surface area contributed by atoms with Gasteiger partial charge in [0.05, 0.1) is 5.69 Å². The number of benzene rings is 1. The van der Waals surface area contributed by atoms with Crippen molar-refractivity contribution >= 4 is 29.9 Å². The van der Waals surface area contributed by atoms with E-state index in [2.05, 4.69) is 58.4 Å². The van der Waals surface area contributed by atoms with Gasteiger partial charge in [-0.25, -0.2) is 4.98 Å². The fourth-order valence-corrected chi connectivity index (χ4v) is 3.51. The number of nitrogens with zero attached hydrogens (tertiary/aromatic N) is 3. The molecule has 6 nitrogen and oxygen atoms in total. The Morgan fingerprint density at radius 3 is 2.55 bits per heavy atom. The van der Waals surface area contributed by atoms with E-state index in [9.17, 15) is 0 Å². The molecule has 2 N–H and O–H groups in total. The molecule has 0 saturated carbocycles. The molecule has 1 aromatic carbocycles. The molecular weight excluding hydrogens is 477 g/mol. The molecule has 1 aliphatic heterocycles. The number of nitrogens with one attached hydrogen (secondary N) is 2. The van der Waals surface area contributed by atoms with Gasteiger partial charge in [0.2, 0.25) is 5.89 Å². The topological polar surface area (TPSA) is 65.7 Å². The van der Waals surface area contributed by atoms with Crippen LogP contribution >= 0.6 is 24.0 Å². The van der Waals surface area contributed by atoms with E-state index in [0.717, 1.165) is 56.1 Å². The molecule has 0 radical (unpaired) electrons. The van der Waals surface area contributed by atoms with Gasteiger partial charge in [-0.1, -0.05) is 17.7 Å². The Kier molecular flexibility index (Phi) is 9.42. The Morgan fingerprint density at radius 2 is 1.93 bits per heavy atom. The molecule has 2 aromatic rings. The lowest BCUT2D eigenvalue weighted by atomic mass is 10.0. The normalized spacial score (nSPS) is 16.0. The van der Waals surface area contributed by atoms with E-state index in [-0.39, 0.29) is 24.0 Å². The first-order valence-corrected chi connectivity index (χ1v) is 10.3. The van der Waals surface area contributed by atoms with Crippen molar-refractivity contribution in [3.8, 4) is 11.5 Å². The van der Waals surface area contributed by atoms with Crippen molar-refractivity contribution < 1.29 is 4.42 Å². The lowest BCUT2D eigenvalue weighted by molar-refractivity contribution is 0.167. The summed E-state index contributed by atoms with van der Waals surface area (Å²) in [6, 6.07) is 9.34. The second-order valence-electron chi connectivity index (χ2n) is 7.81. The van der Waals surface area contributed by atoms with Crippen molar-refractivity contribution in [1.29, 1.82) is 0 Å². The molecule has 3 rings (SSSR count). The standard InChI is InChI=1S/C22H33N5O.HI/c1-16(2)27-13-10-19(11-14-27)26-22(23-4)24-12-9-20-15-28-21(25-20)18-7-5-17(3)6-8-18;/h5-8,15-16,19H,9-14H2,1-4H3,(H2,23,24,26);1H. The lowest BCUT2D eigenvalue weighted by Gasteiger charge is -2.35. The SMILES string of the molecule is CN=C(NCCc1coc(-c2ccc(C)cc2)n1)NC1CCN(C(C)C)CC1.I. The summed E-state index contributed by atoms with van der Waals surface area (Å²) >= 11 is 0. The third-order valence-electron chi connectivity index (χ3n) is 5.35. The predicted octanol–water partition coefficient (Wildman–Crippen LogP) is 3.85. The Balaban J connectivity index is 0.00000300. The van der Waals surface area contributed by atoms with E-state index in [1.807, 2.05) is 19.2 Å².